The van der Waals surface area contributed by atoms with Gasteiger partial charge in [-0.25, -0.2) is 19.4 Å². The van der Waals surface area contributed by atoms with Crippen LogP contribution in [0, 0.1) is 0 Å². The highest BCUT2D eigenvalue weighted by molar-refractivity contribution is 5.88. The highest BCUT2D eigenvalue weighted by Gasteiger charge is 2.39. The minimum atomic E-state index is -1.54. The Morgan fingerprint density at radius 2 is 1.11 bits per heavy atom. The van der Waals surface area contributed by atoms with E-state index < -0.39 is 36.5 Å². The van der Waals surface area contributed by atoms with E-state index in [1.54, 1.807) is 52.4 Å². The quantitative estimate of drug-likeness (QED) is 0.0750. The lowest BCUT2D eigenvalue weighted by Gasteiger charge is -2.28. The van der Waals surface area contributed by atoms with E-state index in [4.69, 9.17) is 14.2 Å². The molecule has 0 aliphatic carbocycles. The number of nitrogens with one attached hydrogen (secondary N) is 4. The number of rotatable bonds is 12. The van der Waals surface area contributed by atoms with Crippen LogP contribution in [0.2, 0.25) is 0 Å². The van der Waals surface area contributed by atoms with Crippen molar-refractivity contribution in [3.05, 3.63) is 138 Å². The van der Waals surface area contributed by atoms with Crippen LogP contribution in [-0.4, -0.2) is 92.3 Å². The second-order valence-electron chi connectivity index (χ2n) is 15.3. The van der Waals surface area contributed by atoms with Gasteiger partial charge in [0.15, 0.2) is 0 Å². The fourth-order valence-electron chi connectivity index (χ4n) is 8.39. The van der Waals surface area contributed by atoms with Crippen molar-refractivity contribution in [2.24, 2.45) is 0 Å². The number of imidazole rings is 2. The summed E-state index contributed by atoms with van der Waals surface area (Å²) in [5, 5.41) is 14.9. The van der Waals surface area contributed by atoms with E-state index in [1.807, 2.05) is 72.8 Å². The number of carbonyl (C=O) groups is 5. The maximum Gasteiger partial charge on any atom is 0.512 e. The third-order valence-corrected chi connectivity index (χ3v) is 11.5. The van der Waals surface area contributed by atoms with Gasteiger partial charge in [-0.15, -0.1) is 0 Å². The number of methoxy groups -OCH3 is 2. The van der Waals surface area contributed by atoms with Crippen LogP contribution in [0.25, 0.3) is 33.6 Å². The van der Waals surface area contributed by atoms with Crippen LogP contribution >= 0.6 is 0 Å². The largest absolute Gasteiger partial charge is 0.512 e. The molecule has 4 amide bonds. The minimum Gasteiger partial charge on any atom is -0.453 e. The minimum absolute atomic E-state index is 0.149. The standard InChI is InChI=1S/C47H46N8O9/c1-62-45(58)51-38(31-11-5-3-6-12-31)43(56)54-25-9-15-35(54)40-48-27-34(49-40)30-21-17-28(18-22-30)29-19-23-33(24-20-29)37-42(64-47(60)61)53-41(50-37)36-16-10-26-55(36)44(57)39(52-46(59)63-2)32-13-7-4-8-14-32/h3-8,11-14,17-24,27,35-36,38-39H,9-10,15-16,25-26H2,1-2H3,(H,48,49)(H,50,53)(H,51,58)(H,52,59)(H,60,61)/t35-,36-,38+,39+/m0/s1. The van der Waals surface area contributed by atoms with Crippen LogP contribution in [0.1, 0.15) is 72.6 Å². The SMILES string of the molecule is COC(=O)N[C@@H](C(=O)N1CCC[C@H]1c1ncc(-c2ccc(-c3ccc(-c4[nH]c([C@@H]5CCCN5C(=O)[C@H](NC(=O)OC)c5ccccc5)nc4OC(=O)O)cc3)cc2)[nH]1)c1ccccc1. The molecule has 0 saturated carbocycles. The predicted octanol–water partition coefficient (Wildman–Crippen LogP) is 7.71. The van der Waals surface area contributed by atoms with Gasteiger partial charge in [-0.1, -0.05) is 109 Å². The van der Waals surface area contributed by atoms with Crippen molar-refractivity contribution in [2.75, 3.05) is 27.3 Å². The summed E-state index contributed by atoms with van der Waals surface area (Å²) in [6.07, 6.45) is 1.45. The average Bonchev–Trinajstić information content (AvgIpc) is 4.17. The van der Waals surface area contributed by atoms with Crippen LogP contribution in [0.5, 0.6) is 5.88 Å². The van der Waals surface area contributed by atoms with Crippen molar-refractivity contribution in [1.82, 2.24) is 40.4 Å². The number of amides is 4. The highest BCUT2D eigenvalue weighted by atomic mass is 16.7. The molecule has 328 valence electrons. The fraction of sp³-hybridized carbons (Fsp3) is 0.255. The van der Waals surface area contributed by atoms with Gasteiger partial charge in [0.05, 0.1) is 38.2 Å². The van der Waals surface area contributed by atoms with E-state index in [0.717, 1.165) is 28.8 Å². The van der Waals surface area contributed by atoms with Gasteiger partial charge in [0.25, 0.3) is 17.7 Å². The summed E-state index contributed by atoms with van der Waals surface area (Å²) in [6, 6.07) is 30.5. The number of alkyl carbamates (subject to hydrolysis) is 2. The Balaban J connectivity index is 0.977. The summed E-state index contributed by atoms with van der Waals surface area (Å²) >= 11 is 0. The second kappa shape index (κ2) is 19.0. The molecule has 2 aromatic heterocycles. The van der Waals surface area contributed by atoms with Gasteiger partial charge >= 0.3 is 18.3 Å². The van der Waals surface area contributed by atoms with E-state index in [9.17, 15) is 29.1 Å². The Morgan fingerprint density at radius 1 is 0.641 bits per heavy atom. The molecule has 0 spiro atoms. The predicted molar refractivity (Wildman–Crippen MR) is 233 cm³/mol. The molecule has 4 heterocycles. The van der Waals surface area contributed by atoms with Gasteiger partial charge in [-0.2, -0.15) is 4.98 Å². The molecule has 2 saturated heterocycles. The number of benzene rings is 4. The van der Waals surface area contributed by atoms with Crippen molar-refractivity contribution < 1.29 is 43.3 Å². The van der Waals surface area contributed by atoms with Crippen molar-refractivity contribution in [3.63, 3.8) is 0 Å². The first-order chi connectivity index (χ1) is 31.1. The molecule has 0 bridgehead atoms. The summed E-state index contributed by atoms with van der Waals surface area (Å²) in [4.78, 5) is 83.5. The monoisotopic (exact) mass is 866 g/mol. The number of aromatic nitrogens is 4. The number of nitrogens with zero attached hydrogens (tertiary/aromatic N) is 4. The first-order valence-electron chi connectivity index (χ1n) is 20.8. The molecule has 0 radical (unpaired) electrons. The van der Waals surface area contributed by atoms with Gasteiger partial charge in [0, 0.05) is 18.7 Å². The van der Waals surface area contributed by atoms with Gasteiger partial charge < -0.3 is 49.7 Å². The van der Waals surface area contributed by atoms with Crippen molar-refractivity contribution in [3.8, 4) is 39.5 Å². The molecule has 2 aliphatic heterocycles. The smallest absolute Gasteiger partial charge is 0.453 e. The zero-order valence-corrected chi connectivity index (χ0v) is 35.0. The van der Waals surface area contributed by atoms with E-state index in [-0.39, 0.29) is 23.7 Å². The molecule has 17 heteroatoms. The van der Waals surface area contributed by atoms with E-state index in [2.05, 4.69) is 30.6 Å². The molecule has 64 heavy (non-hydrogen) atoms. The van der Waals surface area contributed by atoms with Crippen LogP contribution in [0.4, 0.5) is 14.4 Å². The average molecular weight is 867 g/mol. The Bertz CT molecular complexity index is 2620. The summed E-state index contributed by atoms with van der Waals surface area (Å²) in [5.74, 6) is 0.240. The highest BCUT2D eigenvalue weighted by Crippen LogP contribution is 2.39. The molecule has 8 rings (SSSR count). The fourth-order valence-corrected chi connectivity index (χ4v) is 8.39. The molecule has 17 nitrogen and oxygen atoms in total. The number of hydrogen-bond donors (Lipinski definition) is 5. The molecule has 4 atom stereocenters. The number of ether oxygens (including phenoxy) is 3. The lowest BCUT2D eigenvalue weighted by atomic mass is 10.0. The van der Waals surface area contributed by atoms with Gasteiger partial charge in [0.2, 0.25) is 0 Å². The Kier molecular flexibility index (Phi) is 12.7. The van der Waals surface area contributed by atoms with Crippen molar-refractivity contribution in [2.45, 2.75) is 49.9 Å². The summed E-state index contributed by atoms with van der Waals surface area (Å²) < 4.78 is 14.8. The lowest BCUT2D eigenvalue weighted by molar-refractivity contribution is -0.135. The van der Waals surface area contributed by atoms with Crippen molar-refractivity contribution >= 4 is 30.2 Å². The van der Waals surface area contributed by atoms with Gasteiger partial charge in [-0.3, -0.25) is 9.59 Å². The van der Waals surface area contributed by atoms with E-state index >= 15 is 0 Å². The maximum atomic E-state index is 14.0. The number of likely N-dealkylation sites (tertiary alicyclic amines) is 2. The van der Waals surface area contributed by atoms with Crippen LogP contribution in [-0.2, 0) is 19.1 Å². The molecule has 0 unspecified atom stereocenters. The zero-order chi connectivity index (χ0) is 44.7. The topological polar surface area (TPSA) is 221 Å². The number of aromatic amines is 2. The Labute approximate surface area is 367 Å². The normalized spacial score (nSPS) is 16.7. The molecular weight excluding hydrogens is 821 g/mol. The third-order valence-electron chi connectivity index (χ3n) is 11.5. The summed E-state index contributed by atoms with van der Waals surface area (Å²) in [6.45, 7) is 0.908. The Morgan fingerprint density at radius 3 is 1.59 bits per heavy atom. The lowest BCUT2D eigenvalue weighted by Crippen LogP contribution is -2.42. The molecule has 6 aromatic rings. The van der Waals surface area contributed by atoms with Crippen LogP contribution in [0.3, 0.4) is 0 Å². The van der Waals surface area contributed by atoms with Crippen LogP contribution in [0.15, 0.2) is 115 Å². The van der Waals surface area contributed by atoms with E-state index in [0.29, 0.717) is 66.4 Å². The molecule has 2 aliphatic rings. The molecule has 4 aromatic carbocycles. The zero-order valence-electron chi connectivity index (χ0n) is 35.0. The van der Waals surface area contributed by atoms with Crippen LogP contribution < -0.4 is 15.4 Å². The number of H-pyrrole nitrogens is 2. The first kappa shape index (κ1) is 42.7. The third kappa shape index (κ3) is 9.13. The van der Waals surface area contributed by atoms with E-state index in [1.165, 1.54) is 14.2 Å². The first-order valence-corrected chi connectivity index (χ1v) is 20.8. The van der Waals surface area contributed by atoms with Crippen molar-refractivity contribution in [1.29, 1.82) is 0 Å². The van der Waals surface area contributed by atoms with Gasteiger partial charge in [-0.05, 0) is 53.5 Å². The molecular formula is C47H46N8O9. The summed E-state index contributed by atoms with van der Waals surface area (Å²) in [5.41, 5.74) is 5.66. The second-order valence-corrected chi connectivity index (χ2v) is 15.3. The Hall–Kier alpha value is -7.95. The summed E-state index contributed by atoms with van der Waals surface area (Å²) in [7, 11) is 2.49. The maximum absolute atomic E-state index is 14.0. The number of hydrogen-bond acceptors (Lipinski definition) is 10. The van der Waals surface area contributed by atoms with Gasteiger partial charge in [0.1, 0.15) is 29.4 Å². The molecule has 2 fully saturated rings. The number of carboxylic acid groups (broad SMARTS) is 1. The molecule has 5 N–H and O–H groups in total. The number of carbonyl (C=O) groups excluding carboxylic acids is 4.